The minimum Gasteiger partial charge on any atom is -0.479 e. The van der Waals surface area contributed by atoms with Gasteiger partial charge >= 0.3 is 12.0 Å². The normalized spacial score (nSPS) is 13.7. The molecule has 1 unspecified atom stereocenters. The topological polar surface area (TPSA) is 138 Å². The molecule has 9 nitrogen and oxygen atoms in total. The Balaban J connectivity index is 2.20. The maximum atomic E-state index is 11.3. The van der Waals surface area contributed by atoms with Crippen LogP contribution in [0.15, 0.2) is 10.9 Å². The van der Waals surface area contributed by atoms with E-state index in [1.165, 1.54) is 6.39 Å². The van der Waals surface area contributed by atoms with Crippen molar-refractivity contribution in [1.29, 1.82) is 0 Å². The number of hydrogen-bond acceptors (Lipinski definition) is 6. The van der Waals surface area contributed by atoms with Crippen LogP contribution in [0.4, 0.5) is 4.79 Å². The Labute approximate surface area is 102 Å². The van der Waals surface area contributed by atoms with Crippen molar-refractivity contribution >= 4 is 12.0 Å². The quantitative estimate of drug-likeness (QED) is 0.500. The van der Waals surface area contributed by atoms with Crippen molar-refractivity contribution in [2.24, 2.45) is 0 Å². The summed E-state index contributed by atoms with van der Waals surface area (Å²) in [5, 5.41) is 26.2. The Morgan fingerprint density at radius 3 is 2.78 bits per heavy atom. The molecule has 1 aromatic rings. The molecule has 0 saturated carbocycles. The Morgan fingerprint density at radius 2 is 2.22 bits per heavy atom. The molecular weight excluding hydrogens is 244 g/mol. The number of nitrogens with one attached hydrogen (secondary N) is 2. The van der Waals surface area contributed by atoms with Gasteiger partial charge in [-0.05, 0) is 6.92 Å². The lowest BCUT2D eigenvalue weighted by molar-refractivity contribution is -0.155. The number of aliphatic hydroxyl groups is 1. The number of hydrogen-bond donors (Lipinski definition) is 4. The molecule has 1 rings (SSSR count). The molecule has 0 aliphatic heterocycles. The third-order valence-corrected chi connectivity index (χ3v) is 2.10. The first-order valence-electron chi connectivity index (χ1n) is 5.14. The van der Waals surface area contributed by atoms with E-state index in [4.69, 9.17) is 5.11 Å². The summed E-state index contributed by atoms with van der Waals surface area (Å²) in [6.07, 6.45) is 1.57. The van der Waals surface area contributed by atoms with E-state index in [-0.39, 0.29) is 6.54 Å². The summed E-state index contributed by atoms with van der Waals surface area (Å²) in [4.78, 5) is 25.6. The van der Waals surface area contributed by atoms with E-state index in [9.17, 15) is 14.7 Å². The lowest BCUT2D eigenvalue weighted by Gasteiger charge is -2.18. The van der Waals surface area contributed by atoms with E-state index in [0.29, 0.717) is 12.2 Å². The van der Waals surface area contributed by atoms with Crippen LogP contribution in [0.25, 0.3) is 0 Å². The zero-order valence-corrected chi connectivity index (χ0v) is 9.71. The van der Waals surface area contributed by atoms with Gasteiger partial charge in [0, 0.05) is 13.0 Å². The van der Waals surface area contributed by atoms with Gasteiger partial charge in [0.05, 0.1) is 6.54 Å². The third kappa shape index (κ3) is 4.37. The summed E-state index contributed by atoms with van der Waals surface area (Å²) in [5.74, 6) is -0.956. The SMILES string of the molecule is CC(O)(CNC(=O)NCCc1ncon1)C(=O)O. The highest BCUT2D eigenvalue weighted by atomic mass is 16.5. The van der Waals surface area contributed by atoms with Crippen LogP contribution in [0.3, 0.4) is 0 Å². The number of carboxylic acid groups (broad SMARTS) is 1. The predicted octanol–water partition coefficient (Wildman–Crippen LogP) is -1.25. The molecule has 0 spiro atoms. The lowest BCUT2D eigenvalue weighted by Crippen LogP contribution is -2.49. The van der Waals surface area contributed by atoms with E-state index in [2.05, 4.69) is 25.3 Å². The highest BCUT2D eigenvalue weighted by molar-refractivity contribution is 5.79. The summed E-state index contributed by atoms with van der Waals surface area (Å²) in [6.45, 7) is 0.964. The molecule has 4 N–H and O–H groups in total. The molecule has 0 aliphatic rings. The molecule has 9 heteroatoms. The van der Waals surface area contributed by atoms with Crippen LogP contribution >= 0.6 is 0 Å². The Bertz CT molecular complexity index is 403. The van der Waals surface area contributed by atoms with Gasteiger partial charge in [-0.15, -0.1) is 0 Å². The fraction of sp³-hybridized carbons (Fsp3) is 0.556. The van der Waals surface area contributed by atoms with Crippen molar-refractivity contribution in [2.75, 3.05) is 13.1 Å². The van der Waals surface area contributed by atoms with Crippen molar-refractivity contribution in [3.8, 4) is 0 Å². The first-order chi connectivity index (χ1) is 8.42. The zero-order valence-electron chi connectivity index (χ0n) is 9.71. The molecular formula is C9H14N4O5. The second kappa shape index (κ2) is 5.96. The fourth-order valence-electron chi connectivity index (χ4n) is 0.981. The number of aliphatic carboxylic acids is 1. The number of carbonyl (C=O) groups is 2. The number of carbonyl (C=O) groups excluding carboxylic acids is 1. The molecule has 1 aromatic heterocycles. The van der Waals surface area contributed by atoms with Crippen molar-refractivity contribution in [2.45, 2.75) is 18.9 Å². The molecule has 18 heavy (non-hydrogen) atoms. The summed E-state index contributed by atoms with van der Waals surface area (Å²) in [5.41, 5.74) is -2.00. The smallest absolute Gasteiger partial charge is 0.337 e. The molecule has 1 heterocycles. The van der Waals surface area contributed by atoms with Crippen LogP contribution < -0.4 is 10.6 Å². The monoisotopic (exact) mass is 258 g/mol. The van der Waals surface area contributed by atoms with Crippen LogP contribution in [0.2, 0.25) is 0 Å². The number of rotatable bonds is 6. The maximum absolute atomic E-state index is 11.3. The van der Waals surface area contributed by atoms with E-state index in [1.807, 2.05) is 0 Å². The van der Waals surface area contributed by atoms with E-state index < -0.39 is 24.1 Å². The van der Waals surface area contributed by atoms with Crippen molar-refractivity contribution in [3.63, 3.8) is 0 Å². The van der Waals surface area contributed by atoms with Gasteiger partial charge < -0.3 is 25.4 Å². The van der Waals surface area contributed by atoms with Gasteiger partial charge in [0.15, 0.2) is 11.4 Å². The molecule has 0 fully saturated rings. The number of aromatic nitrogens is 2. The molecule has 2 amide bonds. The maximum Gasteiger partial charge on any atom is 0.337 e. The van der Waals surface area contributed by atoms with E-state index in [1.54, 1.807) is 0 Å². The molecule has 0 radical (unpaired) electrons. The molecule has 0 aromatic carbocycles. The first kappa shape index (κ1) is 13.9. The van der Waals surface area contributed by atoms with Crippen LogP contribution in [0, 0.1) is 0 Å². The average Bonchev–Trinajstić information content (AvgIpc) is 2.79. The van der Waals surface area contributed by atoms with Crippen molar-refractivity contribution in [3.05, 3.63) is 12.2 Å². The predicted molar refractivity (Wildman–Crippen MR) is 57.7 cm³/mol. The van der Waals surface area contributed by atoms with E-state index >= 15 is 0 Å². The summed E-state index contributed by atoms with van der Waals surface area (Å²) >= 11 is 0. The number of amides is 2. The lowest BCUT2D eigenvalue weighted by atomic mass is 10.1. The molecule has 0 aliphatic carbocycles. The third-order valence-electron chi connectivity index (χ3n) is 2.10. The van der Waals surface area contributed by atoms with Gasteiger partial charge in [-0.25, -0.2) is 9.59 Å². The van der Waals surface area contributed by atoms with Gasteiger partial charge in [-0.2, -0.15) is 4.98 Å². The molecule has 1 atom stereocenters. The van der Waals surface area contributed by atoms with Crippen molar-refractivity contribution < 1.29 is 24.3 Å². The van der Waals surface area contributed by atoms with Crippen LogP contribution in [0.1, 0.15) is 12.7 Å². The fourth-order valence-corrected chi connectivity index (χ4v) is 0.981. The van der Waals surface area contributed by atoms with Gasteiger partial charge in [-0.1, -0.05) is 5.16 Å². The summed E-state index contributed by atoms with van der Waals surface area (Å²) in [6, 6.07) is -0.583. The summed E-state index contributed by atoms with van der Waals surface area (Å²) < 4.78 is 4.50. The van der Waals surface area contributed by atoms with Crippen molar-refractivity contribution in [1.82, 2.24) is 20.8 Å². The largest absolute Gasteiger partial charge is 0.479 e. The second-order valence-corrected chi connectivity index (χ2v) is 3.79. The zero-order chi connectivity index (χ0) is 13.6. The van der Waals surface area contributed by atoms with Gasteiger partial charge in [0.25, 0.3) is 0 Å². The average molecular weight is 258 g/mol. The van der Waals surface area contributed by atoms with Crippen LogP contribution in [-0.4, -0.2) is 51.0 Å². The van der Waals surface area contributed by atoms with E-state index in [0.717, 1.165) is 6.92 Å². The number of nitrogens with zero attached hydrogens (tertiary/aromatic N) is 2. The molecule has 0 bridgehead atoms. The van der Waals surface area contributed by atoms with Crippen LogP contribution in [0.5, 0.6) is 0 Å². The van der Waals surface area contributed by atoms with Gasteiger partial charge in [-0.3, -0.25) is 0 Å². The second-order valence-electron chi connectivity index (χ2n) is 3.79. The Hall–Kier alpha value is -2.16. The van der Waals surface area contributed by atoms with Gasteiger partial charge in [0.1, 0.15) is 0 Å². The number of urea groups is 1. The highest BCUT2D eigenvalue weighted by Gasteiger charge is 2.30. The summed E-state index contributed by atoms with van der Waals surface area (Å²) in [7, 11) is 0. The molecule has 0 saturated heterocycles. The minimum absolute atomic E-state index is 0.264. The minimum atomic E-state index is -2.00. The molecule has 100 valence electrons. The Morgan fingerprint density at radius 1 is 1.50 bits per heavy atom. The number of carboxylic acids is 1. The first-order valence-corrected chi connectivity index (χ1v) is 5.14. The standard InChI is InChI=1S/C9H14N4O5/c1-9(17,7(14)15)4-11-8(16)10-3-2-6-12-5-18-13-6/h5,17H,2-4H2,1H3,(H,14,15)(H2,10,11,16). The Kier molecular flexibility index (Phi) is 4.60. The van der Waals surface area contributed by atoms with Crippen LogP contribution in [-0.2, 0) is 11.2 Å². The highest BCUT2D eigenvalue weighted by Crippen LogP contribution is 2.00. The van der Waals surface area contributed by atoms with Gasteiger partial charge in [0.2, 0.25) is 6.39 Å².